The largest absolute Gasteiger partial charge is 0.352 e. The van der Waals surface area contributed by atoms with Gasteiger partial charge in [-0.15, -0.1) is 6.58 Å². The van der Waals surface area contributed by atoms with Gasteiger partial charge < -0.3 is 9.47 Å². The molecule has 0 N–H and O–H groups in total. The zero-order chi connectivity index (χ0) is 25.8. The monoisotopic (exact) mass is 502 g/mol. The summed E-state index contributed by atoms with van der Waals surface area (Å²) in [6.07, 6.45) is 7.30. The van der Waals surface area contributed by atoms with Crippen molar-refractivity contribution in [2.45, 2.75) is 64.6 Å². The van der Waals surface area contributed by atoms with Crippen LogP contribution >= 0.6 is 0 Å². The van der Waals surface area contributed by atoms with Crippen molar-refractivity contribution in [2.75, 3.05) is 13.2 Å². The van der Waals surface area contributed by atoms with Gasteiger partial charge in [0.25, 0.3) is 0 Å². The van der Waals surface area contributed by atoms with Gasteiger partial charge in [0.15, 0.2) is 6.29 Å². The van der Waals surface area contributed by atoms with Gasteiger partial charge in [-0.1, -0.05) is 51.5 Å². The highest BCUT2D eigenvalue weighted by Gasteiger charge is 2.76. The second kappa shape index (κ2) is 9.25. The molecule has 4 unspecified atom stereocenters. The molecule has 1 saturated heterocycles. The van der Waals surface area contributed by atoms with Crippen molar-refractivity contribution in [2.24, 2.45) is 29.1 Å². The Balaban J connectivity index is 1.74. The van der Waals surface area contributed by atoms with Gasteiger partial charge in [0.05, 0.1) is 19.1 Å². The fourth-order valence-electron chi connectivity index (χ4n) is 6.29. The number of allylic oxidation sites excluding steroid dienone is 8. The maximum absolute atomic E-state index is 15.9. The highest BCUT2D eigenvalue weighted by molar-refractivity contribution is 5.49. The third-order valence-electron chi connectivity index (χ3n) is 7.91. The Bertz CT molecular complexity index is 986. The van der Waals surface area contributed by atoms with Crippen molar-refractivity contribution in [1.82, 2.24) is 0 Å². The lowest BCUT2D eigenvalue weighted by Crippen LogP contribution is -2.64. The molecule has 0 aromatic heterocycles. The van der Waals surface area contributed by atoms with Crippen LogP contribution in [0.4, 0.5) is 26.3 Å². The van der Waals surface area contributed by atoms with Crippen molar-refractivity contribution < 1.29 is 35.8 Å². The Morgan fingerprint density at radius 1 is 1.14 bits per heavy atom. The Morgan fingerprint density at radius 3 is 2.40 bits per heavy atom. The van der Waals surface area contributed by atoms with Crippen molar-refractivity contribution in [3.05, 3.63) is 59.3 Å². The molecule has 194 valence electrons. The molecule has 0 amide bonds. The van der Waals surface area contributed by atoms with E-state index in [-0.39, 0.29) is 30.8 Å². The molecule has 0 radical (unpaired) electrons. The van der Waals surface area contributed by atoms with Crippen molar-refractivity contribution in [3.63, 3.8) is 0 Å². The first kappa shape index (κ1) is 26.3. The van der Waals surface area contributed by atoms with E-state index in [2.05, 4.69) is 6.58 Å². The molecule has 3 aliphatic carbocycles. The summed E-state index contributed by atoms with van der Waals surface area (Å²) in [5, 5.41) is 0. The summed E-state index contributed by atoms with van der Waals surface area (Å²) in [5.74, 6) is -17.4. The predicted octanol–water partition coefficient (Wildman–Crippen LogP) is 7.86. The van der Waals surface area contributed by atoms with E-state index in [4.69, 9.17) is 9.47 Å². The van der Waals surface area contributed by atoms with Gasteiger partial charge in [0, 0.05) is 29.2 Å². The van der Waals surface area contributed by atoms with Crippen LogP contribution < -0.4 is 0 Å². The van der Waals surface area contributed by atoms with Gasteiger partial charge in [-0.05, 0) is 29.9 Å². The lowest BCUT2D eigenvalue weighted by Gasteiger charge is -2.56. The number of alkyl halides is 4. The van der Waals surface area contributed by atoms with E-state index < -0.39 is 64.4 Å². The Labute approximate surface area is 202 Å². The quantitative estimate of drug-likeness (QED) is 0.272. The van der Waals surface area contributed by atoms with Gasteiger partial charge in [-0.2, -0.15) is 17.6 Å². The lowest BCUT2D eigenvalue weighted by molar-refractivity contribution is -0.259. The van der Waals surface area contributed by atoms with Gasteiger partial charge in [-0.3, -0.25) is 0 Å². The van der Waals surface area contributed by atoms with Gasteiger partial charge >= 0.3 is 11.8 Å². The molecule has 4 atom stereocenters. The average molecular weight is 503 g/mol. The summed E-state index contributed by atoms with van der Waals surface area (Å²) in [7, 11) is 0. The summed E-state index contributed by atoms with van der Waals surface area (Å²) < 4.78 is 105. The van der Waals surface area contributed by atoms with E-state index in [0.29, 0.717) is 19.3 Å². The maximum atomic E-state index is 15.9. The lowest BCUT2D eigenvalue weighted by atomic mass is 9.50. The molecule has 1 heterocycles. The third-order valence-corrected chi connectivity index (χ3v) is 7.91. The number of hydrogen-bond acceptors (Lipinski definition) is 2. The molecule has 0 aromatic rings. The van der Waals surface area contributed by atoms with E-state index in [1.165, 1.54) is 25.2 Å². The summed E-state index contributed by atoms with van der Waals surface area (Å²) in [5.41, 5.74) is -3.05. The smallest absolute Gasteiger partial charge is 0.335 e. The first-order chi connectivity index (χ1) is 16.4. The van der Waals surface area contributed by atoms with Gasteiger partial charge in [0.1, 0.15) is 11.7 Å². The third kappa shape index (κ3) is 3.95. The van der Waals surface area contributed by atoms with E-state index in [1.807, 2.05) is 0 Å². The number of hydrogen-bond donors (Lipinski definition) is 0. The second-order valence-electron chi connectivity index (χ2n) is 10.3. The van der Waals surface area contributed by atoms with Crippen LogP contribution in [0.2, 0.25) is 0 Å². The molecule has 4 rings (SSSR count). The number of ether oxygens (including phenoxy) is 2. The molecule has 1 saturated carbocycles. The summed E-state index contributed by atoms with van der Waals surface area (Å²) in [6.45, 7) is 8.35. The summed E-state index contributed by atoms with van der Waals surface area (Å²) in [4.78, 5) is 0. The molecule has 4 aliphatic rings. The van der Waals surface area contributed by atoms with Crippen molar-refractivity contribution >= 4 is 0 Å². The van der Waals surface area contributed by atoms with Crippen LogP contribution in [0.3, 0.4) is 0 Å². The van der Waals surface area contributed by atoms with E-state index in [0.717, 1.165) is 0 Å². The molecular formula is C27H32F6O2. The first-order valence-electron chi connectivity index (χ1n) is 12.2. The predicted molar refractivity (Wildman–Crippen MR) is 121 cm³/mol. The molecule has 0 spiro atoms. The van der Waals surface area contributed by atoms with E-state index in [9.17, 15) is 0 Å². The van der Waals surface area contributed by atoms with Gasteiger partial charge in [0.2, 0.25) is 0 Å². The topological polar surface area (TPSA) is 18.5 Å². The first-order valence-corrected chi connectivity index (χ1v) is 12.2. The highest BCUT2D eigenvalue weighted by atomic mass is 19.3. The number of fused-ring (bicyclic) bond motifs is 3. The minimum atomic E-state index is -4.84. The summed E-state index contributed by atoms with van der Waals surface area (Å²) >= 11 is 0. The van der Waals surface area contributed by atoms with Crippen LogP contribution in [0.15, 0.2) is 59.3 Å². The molecule has 0 aromatic carbocycles. The van der Waals surface area contributed by atoms with Crippen LogP contribution in [0.25, 0.3) is 0 Å². The highest BCUT2D eigenvalue weighted by Crippen LogP contribution is 2.68. The molecule has 0 bridgehead atoms. The zero-order valence-electron chi connectivity index (χ0n) is 20.2. The Morgan fingerprint density at radius 2 is 1.80 bits per heavy atom. The molecule has 8 heteroatoms. The molecule has 1 aliphatic heterocycles. The maximum Gasteiger partial charge on any atom is 0.335 e. The Kier molecular flexibility index (Phi) is 6.95. The average Bonchev–Trinajstić information content (AvgIpc) is 2.79. The standard InChI is InChI=1S/C27H32F6O2/c1-5-7-9-19-34-13-17(14-35-19)18-10-11-25(4)20-15(3)12-16(8-6-2)22(28)21(20)26(30,31)27(32,33)24(25)23(18)29/h5,10-12,15,17,19-20,24H,1,6-9,13-14H2,2-4H3. The Hall–Kier alpha value is -1.80. The molecule has 35 heavy (non-hydrogen) atoms. The number of rotatable bonds is 6. The molecular weight excluding hydrogens is 470 g/mol. The van der Waals surface area contributed by atoms with Crippen LogP contribution in [0, 0.1) is 29.1 Å². The van der Waals surface area contributed by atoms with Crippen molar-refractivity contribution in [1.29, 1.82) is 0 Å². The van der Waals surface area contributed by atoms with Crippen molar-refractivity contribution in [3.8, 4) is 0 Å². The van der Waals surface area contributed by atoms with Crippen LogP contribution in [0.1, 0.15) is 46.5 Å². The fourth-order valence-corrected chi connectivity index (χ4v) is 6.29. The minimum Gasteiger partial charge on any atom is -0.352 e. The fraction of sp³-hybridized carbons (Fsp3) is 0.630. The number of halogens is 6. The zero-order valence-corrected chi connectivity index (χ0v) is 20.2. The van der Waals surface area contributed by atoms with Crippen LogP contribution in [-0.4, -0.2) is 31.3 Å². The minimum absolute atomic E-state index is 0.0165. The van der Waals surface area contributed by atoms with E-state index >= 15 is 26.3 Å². The van der Waals surface area contributed by atoms with Crippen LogP contribution in [-0.2, 0) is 9.47 Å². The molecule has 2 fully saturated rings. The van der Waals surface area contributed by atoms with Crippen LogP contribution in [0.5, 0.6) is 0 Å². The summed E-state index contributed by atoms with van der Waals surface area (Å²) in [6, 6.07) is 0. The van der Waals surface area contributed by atoms with E-state index in [1.54, 1.807) is 19.9 Å². The normalized spacial score (nSPS) is 38.1. The SMILES string of the molecule is C=CCCC1OCC(C2=C(F)C3C(C)(C=C2)C2C(=C(F)C(CCC)=CC2C)C(F)(F)C3(F)F)CO1. The van der Waals surface area contributed by atoms with Gasteiger partial charge in [-0.25, -0.2) is 8.78 Å². The second-order valence-corrected chi connectivity index (χ2v) is 10.3. The molecule has 2 nitrogen and oxygen atoms in total.